The zero-order chi connectivity index (χ0) is 34.7. The van der Waals surface area contributed by atoms with E-state index in [1.807, 2.05) is 0 Å². The summed E-state index contributed by atoms with van der Waals surface area (Å²) in [5, 5.41) is 0. The fourth-order valence-corrected chi connectivity index (χ4v) is 8.42. The average Bonchev–Trinajstić information content (AvgIpc) is 3.98. The zero-order valence-corrected chi connectivity index (χ0v) is 29.9. The summed E-state index contributed by atoms with van der Waals surface area (Å²) in [7, 11) is 0. The molecule has 0 spiro atoms. The first-order valence-corrected chi connectivity index (χ1v) is 19.2. The molecule has 254 valence electrons. The van der Waals surface area contributed by atoms with Crippen LogP contribution in [0.5, 0.6) is 0 Å². The molecule has 0 unspecified atom stereocenters. The van der Waals surface area contributed by atoms with E-state index in [2.05, 4.69) is 169 Å². The van der Waals surface area contributed by atoms with Gasteiger partial charge in [-0.2, -0.15) is 0 Å². The molecule has 1 heteroatoms. The first-order valence-electron chi connectivity index (χ1n) is 19.2. The van der Waals surface area contributed by atoms with E-state index in [4.69, 9.17) is 0 Å². The summed E-state index contributed by atoms with van der Waals surface area (Å²) in [6, 6.07) is 47.5. The molecule has 1 nitrogen and oxygen atoms in total. The van der Waals surface area contributed by atoms with Gasteiger partial charge in [0.2, 0.25) is 0 Å². The predicted molar refractivity (Wildman–Crippen MR) is 223 cm³/mol. The summed E-state index contributed by atoms with van der Waals surface area (Å²) in [4.78, 5) is 2.36. The van der Waals surface area contributed by atoms with Crippen molar-refractivity contribution >= 4 is 53.5 Å². The highest BCUT2D eigenvalue weighted by Crippen LogP contribution is 2.36. The lowest BCUT2D eigenvalue weighted by atomic mass is 10.0. The third-order valence-corrected chi connectivity index (χ3v) is 11.3. The van der Waals surface area contributed by atoms with Crippen molar-refractivity contribution in [3.63, 3.8) is 0 Å². The number of benzene rings is 6. The quantitative estimate of drug-likeness (QED) is 0.138. The van der Waals surface area contributed by atoms with Crippen LogP contribution in [0.15, 0.2) is 127 Å². The molecular weight excluding hydrogens is 627 g/mol. The summed E-state index contributed by atoms with van der Waals surface area (Å²) in [5.41, 5.74) is 20.1. The van der Waals surface area contributed by atoms with Crippen LogP contribution in [0, 0.1) is 0 Å². The Hall–Kier alpha value is -5.66. The maximum absolute atomic E-state index is 2.37. The minimum absolute atomic E-state index is 1.14. The third-order valence-electron chi connectivity index (χ3n) is 11.3. The molecule has 0 saturated heterocycles. The van der Waals surface area contributed by atoms with Crippen LogP contribution >= 0.6 is 0 Å². The molecule has 52 heavy (non-hydrogen) atoms. The molecule has 0 bridgehead atoms. The first-order chi connectivity index (χ1) is 25.7. The molecule has 6 aromatic carbocycles. The number of hydrogen-bond acceptors (Lipinski definition) is 1. The van der Waals surface area contributed by atoms with Gasteiger partial charge in [-0.3, -0.25) is 0 Å². The van der Waals surface area contributed by atoms with Crippen LogP contribution in [0.4, 0.5) is 17.1 Å². The smallest absolute Gasteiger partial charge is 0.0462 e. The first kappa shape index (κ1) is 32.3. The highest BCUT2D eigenvalue weighted by atomic mass is 15.1. The summed E-state index contributed by atoms with van der Waals surface area (Å²) < 4.78 is 0. The Kier molecular flexibility index (Phi) is 9.01. The maximum Gasteiger partial charge on any atom is 0.0462 e. The molecule has 3 aliphatic rings. The zero-order valence-electron chi connectivity index (χ0n) is 29.9. The molecule has 9 rings (SSSR count). The van der Waals surface area contributed by atoms with Crippen molar-refractivity contribution in [1.29, 1.82) is 0 Å². The fraction of sp³-hybridized carbons (Fsp3) is 0.176. The molecule has 3 aliphatic carbocycles. The van der Waals surface area contributed by atoms with E-state index in [-0.39, 0.29) is 0 Å². The number of fused-ring (bicyclic) bond motifs is 3. The van der Waals surface area contributed by atoms with Crippen molar-refractivity contribution in [2.45, 2.75) is 57.8 Å². The SMILES string of the molecule is C(=C\c1ccc2c(c1)CCC2)/c1ccc(N(c2ccc(/C=C/c3ccc4c(c3)CCC4)cc2)c2ccc(/C=C/c3cccc4c3CCC4)cc2)cc1. The standard InChI is InChI=1S/C51H45N/c1-5-42-26-18-40(35-46(42)10-1)15-13-37-20-29-48(30-21-37)52(49-31-22-38(23-32-49)14-16-41-19-27-43-6-2-11-47(43)36-41)50-33-24-39(25-34-50)17-28-45-8-3-7-44-9-4-12-51(44)45/h3,7-8,13-36H,1-2,4-6,9-12H2/b15-13+,16-14+,28-17+. The monoisotopic (exact) mass is 671 g/mol. The minimum atomic E-state index is 1.14. The molecule has 0 aliphatic heterocycles. The van der Waals surface area contributed by atoms with Gasteiger partial charge in [-0.25, -0.2) is 0 Å². The highest BCUT2D eigenvalue weighted by molar-refractivity contribution is 5.81. The molecule has 0 fully saturated rings. The average molecular weight is 672 g/mol. The van der Waals surface area contributed by atoms with Crippen LogP contribution in [0.2, 0.25) is 0 Å². The number of anilines is 3. The number of hydrogen-bond donors (Lipinski definition) is 0. The lowest BCUT2D eigenvalue weighted by Crippen LogP contribution is -2.09. The molecule has 0 N–H and O–H groups in total. The summed E-state index contributed by atoms with van der Waals surface area (Å²) in [5.74, 6) is 0. The van der Waals surface area contributed by atoms with Crippen LogP contribution < -0.4 is 4.90 Å². The van der Waals surface area contributed by atoms with Crippen LogP contribution in [-0.2, 0) is 38.5 Å². The van der Waals surface area contributed by atoms with Crippen molar-refractivity contribution in [2.24, 2.45) is 0 Å². The van der Waals surface area contributed by atoms with Gasteiger partial charge in [0.15, 0.2) is 0 Å². The highest BCUT2D eigenvalue weighted by Gasteiger charge is 2.15. The van der Waals surface area contributed by atoms with Crippen molar-refractivity contribution in [2.75, 3.05) is 4.90 Å². The van der Waals surface area contributed by atoms with Gasteiger partial charge in [-0.05, 0) is 161 Å². The summed E-state index contributed by atoms with van der Waals surface area (Å²) >= 11 is 0. The number of rotatable bonds is 9. The molecule has 0 aromatic heterocycles. The Morgan fingerprint density at radius 3 is 1.25 bits per heavy atom. The van der Waals surface area contributed by atoms with E-state index in [1.54, 1.807) is 0 Å². The Morgan fingerprint density at radius 1 is 0.327 bits per heavy atom. The number of nitrogens with zero attached hydrogens (tertiary/aromatic N) is 1. The van der Waals surface area contributed by atoms with Crippen LogP contribution in [0.25, 0.3) is 36.5 Å². The van der Waals surface area contributed by atoms with Gasteiger partial charge in [-0.1, -0.05) is 127 Å². The van der Waals surface area contributed by atoms with Crippen molar-refractivity contribution in [1.82, 2.24) is 0 Å². The van der Waals surface area contributed by atoms with Crippen molar-refractivity contribution < 1.29 is 0 Å². The molecule has 0 radical (unpaired) electrons. The third kappa shape index (κ3) is 6.97. The topological polar surface area (TPSA) is 3.24 Å². The molecular formula is C51H45N. The molecule has 6 aromatic rings. The van der Waals surface area contributed by atoms with E-state index < -0.39 is 0 Å². The van der Waals surface area contributed by atoms with E-state index in [0.29, 0.717) is 0 Å². The number of aryl methyl sites for hydroxylation is 5. The summed E-state index contributed by atoms with van der Waals surface area (Å²) in [6.07, 6.45) is 24.6. The predicted octanol–water partition coefficient (Wildman–Crippen LogP) is 13.1. The van der Waals surface area contributed by atoms with E-state index in [9.17, 15) is 0 Å². The Labute approximate surface area is 309 Å². The van der Waals surface area contributed by atoms with Gasteiger partial charge >= 0.3 is 0 Å². The second-order valence-electron chi connectivity index (χ2n) is 14.7. The molecule has 0 heterocycles. The Morgan fingerprint density at radius 2 is 0.731 bits per heavy atom. The van der Waals surface area contributed by atoms with Gasteiger partial charge < -0.3 is 4.90 Å². The van der Waals surface area contributed by atoms with Crippen molar-refractivity contribution in [3.8, 4) is 0 Å². The van der Waals surface area contributed by atoms with Gasteiger partial charge in [0.1, 0.15) is 0 Å². The van der Waals surface area contributed by atoms with Crippen LogP contribution in [0.1, 0.15) is 86.0 Å². The Balaban J connectivity index is 0.980. The minimum Gasteiger partial charge on any atom is -0.311 e. The largest absolute Gasteiger partial charge is 0.311 e. The van der Waals surface area contributed by atoms with E-state index >= 15 is 0 Å². The van der Waals surface area contributed by atoms with Gasteiger partial charge in [-0.15, -0.1) is 0 Å². The summed E-state index contributed by atoms with van der Waals surface area (Å²) in [6.45, 7) is 0. The second kappa shape index (κ2) is 14.5. The molecule has 0 atom stereocenters. The second-order valence-corrected chi connectivity index (χ2v) is 14.7. The normalized spacial score (nSPS) is 14.8. The van der Waals surface area contributed by atoms with E-state index in [1.165, 1.54) is 125 Å². The van der Waals surface area contributed by atoms with Gasteiger partial charge in [0.05, 0.1) is 0 Å². The fourth-order valence-electron chi connectivity index (χ4n) is 8.42. The lowest BCUT2D eigenvalue weighted by Gasteiger charge is -2.26. The lowest BCUT2D eigenvalue weighted by molar-refractivity contribution is 0.911. The Bertz CT molecular complexity index is 2190. The van der Waals surface area contributed by atoms with Crippen molar-refractivity contribution in [3.05, 3.63) is 194 Å². The maximum atomic E-state index is 2.37. The molecule has 0 saturated carbocycles. The van der Waals surface area contributed by atoms with Crippen LogP contribution in [0.3, 0.4) is 0 Å². The van der Waals surface area contributed by atoms with Gasteiger partial charge in [0.25, 0.3) is 0 Å². The van der Waals surface area contributed by atoms with E-state index in [0.717, 1.165) is 17.1 Å². The molecule has 0 amide bonds. The van der Waals surface area contributed by atoms with Crippen LogP contribution in [-0.4, -0.2) is 0 Å². The van der Waals surface area contributed by atoms with Gasteiger partial charge in [0, 0.05) is 17.1 Å².